The number of aliphatic hydroxyl groups is 1. The summed E-state index contributed by atoms with van der Waals surface area (Å²) in [5.74, 6) is -0.407. The molecule has 1 aliphatic carbocycles. The third-order valence-corrected chi connectivity index (χ3v) is 9.31. The summed E-state index contributed by atoms with van der Waals surface area (Å²) in [7, 11) is -1.83. The average molecular weight is 546 g/mol. The third kappa shape index (κ3) is 5.39. The maximum atomic E-state index is 13.8. The first-order chi connectivity index (χ1) is 18.2. The highest BCUT2D eigenvalue weighted by molar-refractivity contribution is 7.91. The third-order valence-electron chi connectivity index (χ3n) is 7.26. The van der Waals surface area contributed by atoms with E-state index in [0.29, 0.717) is 6.42 Å². The number of nitrogens with zero attached hydrogens (tertiary/aromatic N) is 2. The number of benzene rings is 3. The van der Waals surface area contributed by atoms with E-state index in [4.69, 9.17) is 0 Å². The largest absolute Gasteiger partial charge is 0.573 e. The second-order valence-electron chi connectivity index (χ2n) is 9.57. The second-order valence-corrected chi connectivity index (χ2v) is 11.7. The lowest BCUT2D eigenvalue weighted by Gasteiger charge is -2.43. The number of hydrogen-bond donors (Lipinski definition) is 2. The van der Waals surface area contributed by atoms with Crippen molar-refractivity contribution in [2.45, 2.75) is 61.5 Å². The molecule has 5 rings (SSSR count). The van der Waals surface area contributed by atoms with E-state index < -0.39 is 34.2 Å². The molecular formula is C28H30F3N3O3S. The molecule has 10 heteroatoms. The highest BCUT2D eigenvalue weighted by Crippen LogP contribution is 2.41. The van der Waals surface area contributed by atoms with Gasteiger partial charge in [-0.15, -0.1) is 13.2 Å². The van der Waals surface area contributed by atoms with Crippen LogP contribution in [0, 0.1) is 0 Å². The number of fused-ring (bicyclic) bond motifs is 2. The van der Waals surface area contributed by atoms with Crippen LogP contribution in [0.5, 0.6) is 5.75 Å². The molecule has 0 saturated heterocycles. The van der Waals surface area contributed by atoms with E-state index in [9.17, 15) is 22.5 Å². The number of halogens is 3. The zero-order valence-corrected chi connectivity index (χ0v) is 21.7. The SMILES string of the molecule is CN=S(=O)(N[C@H]1CCC[C@@H](N2c3ccccc3CCc3ccccc32)[C@H]1O)c1ccc(OC(F)(F)F)cc1. The Morgan fingerprint density at radius 1 is 0.947 bits per heavy atom. The van der Waals surface area contributed by atoms with Crippen LogP contribution in [0.3, 0.4) is 0 Å². The van der Waals surface area contributed by atoms with E-state index in [0.717, 1.165) is 49.2 Å². The number of ether oxygens (including phenoxy) is 1. The molecule has 0 amide bonds. The van der Waals surface area contributed by atoms with Crippen molar-refractivity contribution in [1.82, 2.24) is 4.72 Å². The number of hydrogen-bond acceptors (Lipinski definition) is 5. The van der Waals surface area contributed by atoms with Gasteiger partial charge in [0.1, 0.15) is 15.7 Å². The van der Waals surface area contributed by atoms with Crippen LogP contribution >= 0.6 is 0 Å². The minimum Gasteiger partial charge on any atom is -0.406 e. The summed E-state index contributed by atoms with van der Waals surface area (Å²) in [6.45, 7) is 0. The first-order valence-corrected chi connectivity index (χ1v) is 14.1. The maximum Gasteiger partial charge on any atom is 0.573 e. The summed E-state index contributed by atoms with van der Waals surface area (Å²) in [5, 5.41) is 11.7. The molecule has 1 saturated carbocycles. The van der Waals surface area contributed by atoms with Gasteiger partial charge < -0.3 is 14.7 Å². The Kier molecular flexibility index (Phi) is 7.39. The number of aryl methyl sites for hydroxylation is 2. The molecular weight excluding hydrogens is 515 g/mol. The molecule has 2 N–H and O–H groups in total. The molecule has 2 aliphatic rings. The summed E-state index contributed by atoms with van der Waals surface area (Å²) in [5.41, 5.74) is 4.53. The highest BCUT2D eigenvalue weighted by atomic mass is 32.2. The highest BCUT2D eigenvalue weighted by Gasteiger charge is 2.39. The zero-order valence-electron chi connectivity index (χ0n) is 20.9. The van der Waals surface area contributed by atoms with E-state index in [1.165, 1.54) is 30.3 Å². The smallest absolute Gasteiger partial charge is 0.406 e. The summed E-state index contributed by atoms with van der Waals surface area (Å²) in [6.07, 6.45) is -1.79. The van der Waals surface area contributed by atoms with E-state index in [-0.39, 0.29) is 10.9 Å². The minimum absolute atomic E-state index is 0.217. The van der Waals surface area contributed by atoms with E-state index in [1.54, 1.807) is 0 Å². The number of nitrogens with one attached hydrogen (secondary N) is 1. The Morgan fingerprint density at radius 3 is 2.08 bits per heavy atom. The molecule has 1 heterocycles. The van der Waals surface area contributed by atoms with Crippen LogP contribution in [-0.4, -0.2) is 40.9 Å². The van der Waals surface area contributed by atoms with Gasteiger partial charge in [0.25, 0.3) is 0 Å². The molecule has 0 bridgehead atoms. The normalized spacial score (nSPS) is 23.0. The van der Waals surface area contributed by atoms with Gasteiger partial charge >= 0.3 is 6.36 Å². The Labute approximate surface area is 220 Å². The molecule has 4 atom stereocenters. The summed E-state index contributed by atoms with van der Waals surface area (Å²) in [6, 6.07) is 20.5. The van der Waals surface area contributed by atoms with Crippen LogP contribution < -0.4 is 14.4 Å². The first-order valence-electron chi connectivity index (χ1n) is 12.6. The van der Waals surface area contributed by atoms with Gasteiger partial charge in [0.2, 0.25) is 0 Å². The standard InChI is InChI=1S/C28H30F3N3O3S/c1-32-38(36,22-17-15-21(16-18-22)37-28(29,30)31)33-23-9-6-12-26(27(23)35)34-24-10-4-2-7-19(24)13-14-20-8-3-5-11-25(20)34/h2-5,7-8,10-11,15-18,23,26-27,35H,6,9,12-14H2,1H3,(H,32,33,36)/t23-,26+,27-,38?/m0/s1. The van der Waals surface area contributed by atoms with Crippen LogP contribution in [0.4, 0.5) is 24.5 Å². The maximum absolute atomic E-state index is 13.8. The van der Waals surface area contributed by atoms with Crippen molar-refractivity contribution < 1.29 is 27.2 Å². The molecule has 3 aromatic carbocycles. The molecule has 1 aliphatic heterocycles. The van der Waals surface area contributed by atoms with Gasteiger partial charge in [-0.05, 0) is 79.6 Å². The van der Waals surface area contributed by atoms with Gasteiger partial charge in [0.05, 0.1) is 17.0 Å². The molecule has 202 valence electrons. The fraction of sp³-hybridized carbons (Fsp3) is 0.357. The fourth-order valence-electron chi connectivity index (χ4n) is 5.50. The zero-order chi connectivity index (χ0) is 26.9. The van der Waals surface area contributed by atoms with Gasteiger partial charge in [-0.1, -0.05) is 36.4 Å². The average Bonchev–Trinajstić information content (AvgIpc) is 3.06. The van der Waals surface area contributed by atoms with E-state index >= 15 is 0 Å². The molecule has 3 aromatic rings. The van der Waals surface area contributed by atoms with Crippen LogP contribution in [0.2, 0.25) is 0 Å². The van der Waals surface area contributed by atoms with Crippen molar-refractivity contribution in [2.24, 2.45) is 4.36 Å². The lowest BCUT2D eigenvalue weighted by molar-refractivity contribution is -0.274. The van der Waals surface area contributed by atoms with Gasteiger partial charge in [-0.25, -0.2) is 13.3 Å². The van der Waals surface area contributed by atoms with Gasteiger partial charge in [0, 0.05) is 24.5 Å². The summed E-state index contributed by atoms with van der Waals surface area (Å²) in [4.78, 5) is 2.44. The van der Waals surface area contributed by atoms with Crippen molar-refractivity contribution in [3.8, 4) is 5.75 Å². The Hall–Kier alpha value is -3.08. The molecule has 0 spiro atoms. The van der Waals surface area contributed by atoms with Crippen molar-refractivity contribution in [2.75, 3.05) is 11.9 Å². The fourth-order valence-corrected chi connectivity index (χ4v) is 7.12. The Morgan fingerprint density at radius 2 is 1.53 bits per heavy atom. The van der Waals surface area contributed by atoms with Gasteiger partial charge in [-0.3, -0.25) is 0 Å². The topological polar surface area (TPSA) is 74.2 Å². The van der Waals surface area contributed by atoms with Crippen LogP contribution in [0.15, 0.2) is 82.1 Å². The van der Waals surface area contributed by atoms with Crippen molar-refractivity contribution >= 4 is 21.3 Å². The quantitative estimate of drug-likeness (QED) is 0.427. The lowest BCUT2D eigenvalue weighted by Crippen LogP contribution is -2.55. The molecule has 38 heavy (non-hydrogen) atoms. The molecule has 0 radical (unpaired) electrons. The minimum atomic E-state index is -4.82. The predicted molar refractivity (Wildman–Crippen MR) is 141 cm³/mol. The van der Waals surface area contributed by atoms with Crippen LogP contribution in [0.25, 0.3) is 0 Å². The number of para-hydroxylation sites is 2. The molecule has 1 unspecified atom stereocenters. The van der Waals surface area contributed by atoms with Crippen LogP contribution in [0.1, 0.15) is 30.4 Å². The molecule has 1 fully saturated rings. The number of alkyl halides is 3. The monoisotopic (exact) mass is 545 g/mol. The van der Waals surface area contributed by atoms with E-state index in [1.807, 2.05) is 24.3 Å². The number of rotatable bonds is 5. The molecule has 0 aromatic heterocycles. The van der Waals surface area contributed by atoms with E-state index in [2.05, 4.69) is 43.0 Å². The van der Waals surface area contributed by atoms with Crippen molar-refractivity contribution in [3.05, 3.63) is 83.9 Å². The lowest BCUT2D eigenvalue weighted by atomic mass is 9.86. The second kappa shape index (κ2) is 10.6. The number of aliphatic hydroxyl groups excluding tert-OH is 1. The number of anilines is 2. The van der Waals surface area contributed by atoms with Gasteiger partial charge in [-0.2, -0.15) is 0 Å². The molecule has 6 nitrogen and oxygen atoms in total. The summed E-state index contributed by atoms with van der Waals surface area (Å²) < 4.78 is 62.6. The first kappa shape index (κ1) is 26.5. The predicted octanol–water partition coefficient (Wildman–Crippen LogP) is 5.77. The van der Waals surface area contributed by atoms with Crippen molar-refractivity contribution in [3.63, 3.8) is 0 Å². The van der Waals surface area contributed by atoms with Crippen LogP contribution in [-0.2, 0) is 22.8 Å². The summed E-state index contributed by atoms with van der Waals surface area (Å²) >= 11 is 0. The Bertz CT molecular complexity index is 1360. The van der Waals surface area contributed by atoms with Crippen molar-refractivity contribution in [1.29, 1.82) is 0 Å². The Balaban J connectivity index is 1.44. The van der Waals surface area contributed by atoms with Gasteiger partial charge in [0.15, 0.2) is 0 Å².